The van der Waals surface area contributed by atoms with E-state index in [0.29, 0.717) is 12.1 Å². The summed E-state index contributed by atoms with van der Waals surface area (Å²) in [5.74, 6) is 0.622. The Balaban J connectivity index is 1.58. The van der Waals surface area contributed by atoms with Gasteiger partial charge in [0, 0.05) is 11.3 Å². The molecule has 0 radical (unpaired) electrons. The highest BCUT2D eigenvalue weighted by molar-refractivity contribution is 5.99. The molecule has 0 atom stereocenters. The van der Waals surface area contributed by atoms with Gasteiger partial charge >= 0.3 is 0 Å². The summed E-state index contributed by atoms with van der Waals surface area (Å²) in [5, 5.41) is 19.7. The van der Waals surface area contributed by atoms with E-state index in [0.717, 1.165) is 37.6 Å². The summed E-state index contributed by atoms with van der Waals surface area (Å²) in [7, 11) is 1.65. The molecule has 0 amide bonds. The van der Waals surface area contributed by atoms with Crippen LogP contribution in [0.4, 0.5) is 5.69 Å². The minimum Gasteiger partial charge on any atom is -0.508 e. The van der Waals surface area contributed by atoms with Gasteiger partial charge in [-0.05, 0) is 43.3 Å². The molecule has 1 aliphatic rings. The number of benzene rings is 2. The van der Waals surface area contributed by atoms with Gasteiger partial charge in [-0.25, -0.2) is 0 Å². The highest BCUT2D eigenvalue weighted by Gasteiger charge is 2.24. The van der Waals surface area contributed by atoms with Gasteiger partial charge in [0.25, 0.3) is 0 Å². The van der Waals surface area contributed by atoms with Crippen LogP contribution in [0.25, 0.3) is 0 Å². The lowest BCUT2D eigenvalue weighted by Gasteiger charge is -2.33. The molecular formula is C20H25N2O4+. The first-order valence-corrected chi connectivity index (χ1v) is 8.77. The molecule has 6 nitrogen and oxygen atoms in total. The van der Waals surface area contributed by atoms with E-state index in [1.807, 2.05) is 24.3 Å². The van der Waals surface area contributed by atoms with Crippen molar-refractivity contribution in [3.8, 4) is 17.2 Å². The van der Waals surface area contributed by atoms with Crippen LogP contribution in [-0.4, -0.2) is 55.8 Å². The Labute approximate surface area is 153 Å². The largest absolute Gasteiger partial charge is 0.508 e. The normalized spacial score (nSPS) is 15.1. The third-order valence-corrected chi connectivity index (χ3v) is 5.02. The van der Waals surface area contributed by atoms with Gasteiger partial charge in [-0.2, -0.15) is 0 Å². The molecule has 2 aromatic rings. The fourth-order valence-corrected chi connectivity index (χ4v) is 3.29. The number of carbonyl (C=O) groups is 1. The molecule has 3 N–H and O–H groups in total. The molecule has 138 valence electrons. The first kappa shape index (κ1) is 18.1. The Morgan fingerprint density at radius 2 is 1.77 bits per heavy atom. The zero-order valence-corrected chi connectivity index (χ0v) is 15.2. The average Bonchev–Trinajstić information content (AvgIpc) is 2.67. The number of aromatic hydroxyl groups is 2. The molecule has 0 aliphatic carbocycles. The van der Waals surface area contributed by atoms with Gasteiger partial charge in [0.2, 0.25) is 5.78 Å². The van der Waals surface area contributed by atoms with Crippen LogP contribution in [0.15, 0.2) is 36.4 Å². The lowest BCUT2D eigenvalue weighted by molar-refractivity contribution is -0.892. The van der Waals surface area contributed by atoms with Crippen molar-refractivity contribution in [3.05, 3.63) is 47.5 Å². The topological polar surface area (TPSA) is 74.4 Å². The number of Topliss-reactive ketones (excluding diaryl/α,β-unsaturated/α-hetero) is 1. The van der Waals surface area contributed by atoms with Crippen molar-refractivity contribution in [2.75, 3.05) is 44.7 Å². The van der Waals surface area contributed by atoms with Gasteiger partial charge in [-0.3, -0.25) is 4.79 Å². The molecule has 0 saturated carbocycles. The first-order chi connectivity index (χ1) is 12.5. The zero-order valence-electron chi connectivity index (χ0n) is 15.2. The van der Waals surface area contributed by atoms with Gasteiger partial charge in [0.15, 0.2) is 0 Å². The Morgan fingerprint density at radius 1 is 1.12 bits per heavy atom. The summed E-state index contributed by atoms with van der Waals surface area (Å²) >= 11 is 0. The summed E-state index contributed by atoms with van der Waals surface area (Å²) in [6.45, 7) is 5.40. The van der Waals surface area contributed by atoms with Crippen LogP contribution in [0.3, 0.4) is 0 Å². The fraction of sp³-hybridized carbons (Fsp3) is 0.350. The lowest BCUT2D eigenvalue weighted by atomic mass is 10.0. The number of nitrogens with zero attached hydrogens (tertiary/aromatic N) is 1. The minimum absolute atomic E-state index is 0.000460. The molecule has 0 unspecified atom stereocenters. The number of phenolic OH excluding ortho intramolecular Hbond substituents is 2. The van der Waals surface area contributed by atoms with Crippen LogP contribution < -0.4 is 14.5 Å². The highest BCUT2D eigenvalue weighted by atomic mass is 16.5. The number of carbonyl (C=O) groups excluding carboxylic acids is 1. The van der Waals surface area contributed by atoms with Gasteiger partial charge < -0.3 is 24.7 Å². The molecular weight excluding hydrogens is 332 g/mol. The molecule has 6 heteroatoms. The van der Waals surface area contributed by atoms with E-state index in [-0.39, 0.29) is 22.8 Å². The molecule has 2 aromatic carbocycles. The number of ketones is 1. The predicted octanol–water partition coefficient (Wildman–Crippen LogP) is 1.00. The minimum atomic E-state index is -0.119. The summed E-state index contributed by atoms with van der Waals surface area (Å²) in [6, 6.07) is 11.0. The molecule has 0 bridgehead atoms. The SMILES string of the molecule is COc1ccc(N2CC[NH+](CC(=O)c3ccc(O)c(C)c3O)CC2)cc1. The Kier molecular flexibility index (Phi) is 5.32. The molecule has 1 aliphatic heterocycles. The second-order valence-corrected chi connectivity index (χ2v) is 6.64. The maximum absolute atomic E-state index is 12.5. The zero-order chi connectivity index (χ0) is 18.7. The number of nitrogens with one attached hydrogen (secondary N) is 1. The fourth-order valence-electron chi connectivity index (χ4n) is 3.29. The molecule has 0 aromatic heterocycles. The first-order valence-electron chi connectivity index (χ1n) is 8.77. The number of rotatable bonds is 5. The van der Waals surface area contributed by atoms with Crippen LogP contribution in [0.1, 0.15) is 15.9 Å². The van der Waals surface area contributed by atoms with E-state index in [2.05, 4.69) is 4.90 Å². The summed E-state index contributed by atoms with van der Waals surface area (Å²) in [4.78, 5) is 16.0. The molecule has 1 saturated heterocycles. The van der Waals surface area contributed by atoms with E-state index in [1.165, 1.54) is 17.0 Å². The highest BCUT2D eigenvalue weighted by Crippen LogP contribution is 2.29. The third-order valence-electron chi connectivity index (χ3n) is 5.02. The van der Waals surface area contributed by atoms with Gasteiger partial charge in [0.1, 0.15) is 23.8 Å². The Hall–Kier alpha value is -2.73. The molecule has 0 spiro atoms. The van der Waals surface area contributed by atoms with E-state index in [4.69, 9.17) is 4.74 Å². The number of phenols is 2. The summed E-state index contributed by atoms with van der Waals surface area (Å²) in [5.41, 5.74) is 1.78. The number of quaternary nitrogens is 1. The van der Waals surface area contributed by atoms with Crippen molar-refractivity contribution >= 4 is 11.5 Å². The average molecular weight is 357 g/mol. The van der Waals surface area contributed by atoms with E-state index in [9.17, 15) is 15.0 Å². The monoisotopic (exact) mass is 357 g/mol. The van der Waals surface area contributed by atoms with Crippen molar-refractivity contribution in [2.24, 2.45) is 0 Å². The van der Waals surface area contributed by atoms with Crippen LogP contribution in [0.2, 0.25) is 0 Å². The van der Waals surface area contributed by atoms with Crippen LogP contribution in [-0.2, 0) is 0 Å². The van der Waals surface area contributed by atoms with Crippen LogP contribution in [0.5, 0.6) is 17.2 Å². The number of hydrogen-bond donors (Lipinski definition) is 3. The summed E-state index contributed by atoms with van der Waals surface area (Å²) < 4.78 is 5.19. The van der Waals surface area contributed by atoms with Crippen molar-refractivity contribution in [1.29, 1.82) is 0 Å². The number of ether oxygens (including phenoxy) is 1. The number of hydrogen-bond acceptors (Lipinski definition) is 5. The Bertz CT molecular complexity index is 781. The maximum atomic E-state index is 12.5. The maximum Gasteiger partial charge on any atom is 0.220 e. The Morgan fingerprint density at radius 3 is 2.38 bits per heavy atom. The van der Waals surface area contributed by atoms with E-state index in [1.54, 1.807) is 14.0 Å². The lowest BCUT2D eigenvalue weighted by Crippen LogP contribution is -3.15. The second-order valence-electron chi connectivity index (χ2n) is 6.64. The quantitative estimate of drug-likeness (QED) is 0.697. The van der Waals surface area contributed by atoms with Gasteiger partial charge in [0.05, 0.1) is 38.9 Å². The van der Waals surface area contributed by atoms with Gasteiger partial charge in [-0.1, -0.05) is 0 Å². The van der Waals surface area contributed by atoms with Crippen LogP contribution in [0, 0.1) is 6.92 Å². The smallest absolute Gasteiger partial charge is 0.220 e. The third kappa shape index (κ3) is 3.75. The van der Waals surface area contributed by atoms with Gasteiger partial charge in [-0.15, -0.1) is 0 Å². The van der Waals surface area contributed by atoms with E-state index >= 15 is 0 Å². The number of piperazine rings is 1. The van der Waals surface area contributed by atoms with Crippen LogP contribution >= 0.6 is 0 Å². The molecule has 1 heterocycles. The molecule has 1 fully saturated rings. The van der Waals surface area contributed by atoms with Crippen molar-refractivity contribution in [3.63, 3.8) is 0 Å². The van der Waals surface area contributed by atoms with Crippen molar-refractivity contribution in [1.82, 2.24) is 0 Å². The second kappa shape index (κ2) is 7.66. The van der Waals surface area contributed by atoms with Crippen molar-refractivity contribution in [2.45, 2.75) is 6.92 Å². The standard InChI is InChI=1S/C20H24N2O4/c1-14-18(23)8-7-17(20(14)25)19(24)13-21-9-11-22(12-10-21)15-3-5-16(26-2)6-4-15/h3-8,23,25H,9-13H2,1-2H3/p+1. The number of anilines is 1. The predicted molar refractivity (Wildman–Crippen MR) is 99.6 cm³/mol. The van der Waals surface area contributed by atoms with Crippen molar-refractivity contribution < 1.29 is 24.6 Å². The molecule has 26 heavy (non-hydrogen) atoms. The summed E-state index contributed by atoms with van der Waals surface area (Å²) in [6.07, 6.45) is 0. The molecule has 3 rings (SSSR count). The van der Waals surface area contributed by atoms with E-state index < -0.39 is 0 Å². The number of methoxy groups -OCH3 is 1.